The molecule has 0 bridgehead atoms. The molecule has 124 valence electrons. The number of aromatic nitrogens is 1. The maximum Gasteiger partial charge on any atom is 0.146 e. The fourth-order valence-corrected chi connectivity index (χ4v) is 3.16. The van der Waals surface area contributed by atoms with E-state index in [1.165, 1.54) is 0 Å². The van der Waals surface area contributed by atoms with Gasteiger partial charge in [-0.25, -0.2) is 0 Å². The number of pyridine rings is 1. The Morgan fingerprint density at radius 2 is 2.17 bits per heavy atom. The number of hydrogen-bond acceptors (Lipinski definition) is 6. The number of methoxy groups -OCH3 is 1. The maximum atomic E-state index is 11.4. The molecule has 6 heteroatoms. The topological polar surface area (TPSA) is 82.9 Å². The molecule has 0 amide bonds. The van der Waals surface area contributed by atoms with Crippen LogP contribution in [0, 0.1) is 0 Å². The van der Waals surface area contributed by atoms with E-state index in [9.17, 15) is 15.0 Å². The number of carbonyl (C=O) groups excluding carboxylic acids is 1. The molecule has 1 aromatic rings. The quantitative estimate of drug-likeness (QED) is 0.875. The zero-order chi connectivity index (χ0) is 16.4. The zero-order valence-corrected chi connectivity index (χ0v) is 13.2. The Kier molecular flexibility index (Phi) is 4.37. The SMILES string of the molecule is COc1cnc2c(c1)N(CCC1(O)CCC(=O)CC1)C(O)C=C2. The molecule has 2 aliphatic rings. The van der Waals surface area contributed by atoms with Crippen molar-refractivity contribution in [2.24, 2.45) is 0 Å². The third kappa shape index (κ3) is 3.38. The number of ether oxygens (including phenoxy) is 1. The van der Waals surface area contributed by atoms with Crippen molar-refractivity contribution in [3.8, 4) is 5.75 Å². The van der Waals surface area contributed by atoms with Crippen molar-refractivity contribution in [3.05, 3.63) is 24.0 Å². The lowest BCUT2D eigenvalue weighted by Crippen LogP contribution is -2.42. The Labute approximate surface area is 135 Å². The summed E-state index contributed by atoms with van der Waals surface area (Å²) in [5, 5.41) is 20.9. The third-order valence-corrected chi connectivity index (χ3v) is 4.72. The molecule has 23 heavy (non-hydrogen) atoms. The molecule has 1 unspecified atom stereocenters. The lowest BCUT2D eigenvalue weighted by molar-refractivity contribution is -0.125. The van der Waals surface area contributed by atoms with Crippen molar-refractivity contribution in [3.63, 3.8) is 0 Å². The molecule has 0 aromatic carbocycles. The normalized spacial score (nSPS) is 22.8. The van der Waals surface area contributed by atoms with E-state index in [-0.39, 0.29) is 5.78 Å². The van der Waals surface area contributed by atoms with E-state index in [0.717, 1.165) is 11.4 Å². The maximum absolute atomic E-state index is 11.4. The molecule has 1 atom stereocenters. The van der Waals surface area contributed by atoms with Gasteiger partial charge >= 0.3 is 0 Å². The first-order chi connectivity index (χ1) is 11.0. The molecular formula is C17H22N2O4. The predicted molar refractivity (Wildman–Crippen MR) is 86.2 cm³/mol. The molecule has 0 saturated heterocycles. The molecule has 3 rings (SSSR count). The van der Waals surface area contributed by atoms with Gasteiger partial charge in [0.25, 0.3) is 0 Å². The number of rotatable bonds is 4. The van der Waals surface area contributed by atoms with Gasteiger partial charge in [-0.05, 0) is 31.4 Å². The number of anilines is 1. The van der Waals surface area contributed by atoms with Crippen LogP contribution in [0.15, 0.2) is 18.3 Å². The predicted octanol–water partition coefficient (Wildman–Crippen LogP) is 1.51. The molecule has 1 aliphatic heterocycles. The molecule has 1 aliphatic carbocycles. The Morgan fingerprint density at radius 3 is 2.87 bits per heavy atom. The second kappa shape index (κ2) is 6.29. The van der Waals surface area contributed by atoms with Crippen molar-refractivity contribution >= 4 is 17.5 Å². The lowest BCUT2D eigenvalue weighted by atomic mass is 9.81. The number of aliphatic hydroxyl groups is 2. The first-order valence-electron chi connectivity index (χ1n) is 7.92. The van der Waals surface area contributed by atoms with Crippen LogP contribution < -0.4 is 9.64 Å². The van der Waals surface area contributed by atoms with Gasteiger partial charge in [0.2, 0.25) is 0 Å². The van der Waals surface area contributed by atoms with Gasteiger partial charge in [-0.3, -0.25) is 9.78 Å². The largest absolute Gasteiger partial charge is 0.495 e. The number of carbonyl (C=O) groups is 1. The highest BCUT2D eigenvalue weighted by Crippen LogP contribution is 2.33. The molecule has 0 radical (unpaired) electrons. The molecule has 2 heterocycles. The number of fused-ring (bicyclic) bond motifs is 1. The molecule has 6 nitrogen and oxygen atoms in total. The van der Waals surface area contributed by atoms with Crippen LogP contribution in [-0.4, -0.2) is 46.5 Å². The number of aliphatic hydroxyl groups excluding tert-OH is 1. The molecule has 1 saturated carbocycles. The molecule has 1 fully saturated rings. The second-order valence-electron chi connectivity index (χ2n) is 6.26. The number of ketones is 1. The van der Waals surface area contributed by atoms with E-state index in [1.54, 1.807) is 30.4 Å². The fraction of sp³-hybridized carbons (Fsp3) is 0.529. The van der Waals surface area contributed by atoms with E-state index in [4.69, 9.17) is 4.74 Å². The van der Waals surface area contributed by atoms with Gasteiger partial charge in [0, 0.05) is 25.5 Å². The van der Waals surface area contributed by atoms with Crippen molar-refractivity contribution in [1.29, 1.82) is 0 Å². The minimum Gasteiger partial charge on any atom is -0.495 e. The number of Topliss-reactive ketones (excluding diaryl/α,β-unsaturated/α-hetero) is 1. The Balaban J connectivity index is 1.75. The van der Waals surface area contributed by atoms with Gasteiger partial charge < -0.3 is 19.8 Å². The minimum atomic E-state index is -0.832. The van der Waals surface area contributed by atoms with E-state index >= 15 is 0 Å². The molecular weight excluding hydrogens is 296 g/mol. The van der Waals surface area contributed by atoms with Gasteiger partial charge in [-0.2, -0.15) is 0 Å². The highest BCUT2D eigenvalue weighted by atomic mass is 16.5. The Hall–Kier alpha value is -1.92. The minimum absolute atomic E-state index is 0.217. The summed E-state index contributed by atoms with van der Waals surface area (Å²) in [5.41, 5.74) is 0.720. The van der Waals surface area contributed by atoms with Crippen LogP contribution in [0.2, 0.25) is 0 Å². The van der Waals surface area contributed by atoms with Gasteiger partial charge in [-0.15, -0.1) is 0 Å². The summed E-state index contributed by atoms with van der Waals surface area (Å²) in [7, 11) is 1.57. The summed E-state index contributed by atoms with van der Waals surface area (Å²) < 4.78 is 5.21. The molecule has 0 spiro atoms. The third-order valence-electron chi connectivity index (χ3n) is 4.72. The van der Waals surface area contributed by atoms with Crippen molar-refractivity contribution in [2.75, 3.05) is 18.6 Å². The van der Waals surface area contributed by atoms with Crippen LogP contribution in [0.25, 0.3) is 6.08 Å². The van der Waals surface area contributed by atoms with Crippen molar-refractivity contribution in [2.45, 2.75) is 43.9 Å². The van der Waals surface area contributed by atoms with Gasteiger partial charge in [0.05, 0.1) is 30.3 Å². The average molecular weight is 318 g/mol. The van der Waals surface area contributed by atoms with E-state index in [2.05, 4.69) is 4.98 Å². The number of nitrogens with zero attached hydrogens (tertiary/aromatic N) is 2. The van der Waals surface area contributed by atoms with Gasteiger partial charge in [-0.1, -0.05) is 0 Å². The lowest BCUT2D eigenvalue weighted by Gasteiger charge is -2.37. The Morgan fingerprint density at radius 1 is 1.43 bits per heavy atom. The van der Waals surface area contributed by atoms with Crippen molar-refractivity contribution < 1.29 is 19.7 Å². The zero-order valence-electron chi connectivity index (χ0n) is 13.2. The summed E-state index contributed by atoms with van der Waals surface area (Å²) in [5.74, 6) is 0.841. The van der Waals surface area contributed by atoms with Crippen LogP contribution in [0.3, 0.4) is 0 Å². The molecule has 1 aromatic heterocycles. The van der Waals surface area contributed by atoms with Crippen LogP contribution in [-0.2, 0) is 4.79 Å². The van der Waals surface area contributed by atoms with Gasteiger partial charge in [0.15, 0.2) is 0 Å². The summed E-state index contributed by atoms with van der Waals surface area (Å²) in [6.07, 6.45) is 6.70. The summed E-state index contributed by atoms with van der Waals surface area (Å²) >= 11 is 0. The smallest absolute Gasteiger partial charge is 0.146 e. The standard InChI is InChI=1S/C17H22N2O4/c1-23-13-10-15-14(18-11-13)2-3-16(21)19(15)9-8-17(22)6-4-12(20)5-7-17/h2-3,10-11,16,21-22H,4-9H2,1H3. The monoisotopic (exact) mass is 318 g/mol. The van der Waals surface area contributed by atoms with E-state index in [0.29, 0.717) is 44.4 Å². The van der Waals surface area contributed by atoms with E-state index < -0.39 is 11.8 Å². The highest BCUT2D eigenvalue weighted by molar-refractivity contribution is 5.79. The van der Waals surface area contributed by atoms with Crippen molar-refractivity contribution in [1.82, 2.24) is 4.98 Å². The Bertz CT molecular complexity index is 619. The highest BCUT2D eigenvalue weighted by Gasteiger charge is 2.33. The van der Waals surface area contributed by atoms with E-state index in [1.807, 2.05) is 6.07 Å². The van der Waals surface area contributed by atoms with Crippen LogP contribution in [0.5, 0.6) is 5.75 Å². The summed E-state index contributed by atoms with van der Waals surface area (Å²) in [6, 6.07) is 1.84. The van der Waals surface area contributed by atoms with Crippen LogP contribution in [0.1, 0.15) is 37.8 Å². The molecule has 2 N–H and O–H groups in total. The first kappa shape index (κ1) is 16.0. The fourth-order valence-electron chi connectivity index (χ4n) is 3.16. The van der Waals surface area contributed by atoms with Crippen LogP contribution in [0.4, 0.5) is 5.69 Å². The second-order valence-corrected chi connectivity index (χ2v) is 6.26. The first-order valence-corrected chi connectivity index (χ1v) is 7.92. The van der Waals surface area contributed by atoms with Gasteiger partial charge in [0.1, 0.15) is 17.8 Å². The summed E-state index contributed by atoms with van der Waals surface area (Å²) in [6.45, 7) is 0.484. The van der Waals surface area contributed by atoms with Crippen LogP contribution >= 0.6 is 0 Å². The number of hydrogen-bond donors (Lipinski definition) is 2. The average Bonchev–Trinajstić information content (AvgIpc) is 2.56. The summed E-state index contributed by atoms with van der Waals surface area (Å²) in [4.78, 5) is 17.5.